The normalized spacial score (nSPS) is 15.7. The van der Waals surface area contributed by atoms with E-state index in [0.717, 1.165) is 31.0 Å². The summed E-state index contributed by atoms with van der Waals surface area (Å²) in [7, 11) is 2.91. The fraction of sp³-hybridized carbons (Fsp3) is 0.310. The molecule has 218 valence electrons. The molecule has 1 atom stereocenters. The van der Waals surface area contributed by atoms with Gasteiger partial charge in [-0.05, 0) is 37.0 Å². The molecule has 3 aromatic heterocycles. The second-order valence-corrected chi connectivity index (χ2v) is 9.97. The predicted molar refractivity (Wildman–Crippen MR) is 147 cm³/mol. The van der Waals surface area contributed by atoms with Crippen molar-refractivity contribution in [3.63, 3.8) is 0 Å². The number of aromatic nitrogens is 6. The molecule has 1 N–H and O–H groups in total. The highest BCUT2D eigenvalue weighted by atomic mass is 19.4. The van der Waals surface area contributed by atoms with Gasteiger partial charge in [-0.15, -0.1) is 0 Å². The van der Waals surface area contributed by atoms with E-state index in [1.165, 1.54) is 24.8 Å². The molecule has 0 spiro atoms. The molecule has 1 fully saturated rings. The van der Waals surface area contributed by atoms with E-state index in [1.807, 2.05) is 4.57 Å². The average Bonchev–Trinajstić information content (AvgIpc) is 3.61. The molecular formula is C29H27F4N7O2. The van der Waals surface area contributed by atoms with Crippen molar-refractivity contribution < 1.29 is 27.0 Å². The van der Waals surface area contributed by atoms with Gasteiger partial charge in [0.25, 0.3) is 0 Å². The molecule has 5 aromatic rings. The summed E-state index contributed by atoms with van der Waals surface area (Å²) in [4.78, 5) is 17.6. The molecule has 13 heteroatoms. The number of fused-ring (bicyclic) bond motifs is 1. The van der Waals surface area contributed by atoms with Gasteiger partial charge in [-0.25, -0.2) is 24.3 Å². The molecule has 1 saturated heterocycles. The van der Waals surface area contributed by atoms with Crippen LogP contribution in [0.3, 0.4) is 0 Å². The molecule has 1 aliphatic heterocycles. The number of nitrogens with one attached hydrogen (secondary N) is 1. The average molecular weight is 582 g/mol. The summed E-state index contributed by atoms with van der Waals surface area (Å²) in [5.74, 6) is 0.257. The molecule has 0 radical (unpaired) electrons. The second kappa shape index (κ2) is 11.0. The quantitative estimate of drug-likeness (QED) is 0.223. The first kappa shape index (κ1) is 27.6. The number of hydrogen-bond donors (Lipinski definition) is 1. The lowest BCUT2D eigenvalue weighted by atomic mass is 10.1. The largest absolute Gasteiger partial charge is 0.494 e. The van der Waals surface area contributed by atoms with Crippen LogP contribution in [0.5, 0.6) is 5.75 Å². The summed E-state index contributed by atoms with van der Waals surface area (Å²) in [5, 5.41) is 3.28. The van der Waals surface area contributed by atoms with Crippen molar-refractivity contribution in [1.82, 2.24) is 29.1 Å². The molecule has 2 aromatic carbocycles. The number of benzene rings is 2. The van der Waals surface area contributed by atoms with Gasteiger partial charge in [0, 0.05) is 32.0 Å². The van der Waals surface area contributed by atoms with E-state index < -0.39 is 17.7 Å². The number of anilines is 1. The van der Waals surface area contributed by atoms with Crippen LogP contribution in [0.15, 0.2) is 55.0 Å². The Kier molecular flexibility index (Phi) is 7.27. The molecule has 0 aliphatic carbocycles. The molecule has 0 amide bonds. The minimum Gasteiger partial charge on any atom is -0.494 e. The third-order valence-electron chi connectivity index (χ3n) is 7.15. The standard InChI is InChI=1S/C29H27F4N7O2/c1-39-15-21(29(31,32)33)36-27(39)18-11-9-17(10-12-18)14-34-26-24-28(40(16-35-24)22-8-3-4-13-42-22)38-25(37-26)19-6-5-7-20(41-2)23(19)30/h5-7,9-12,15-16,22H,3-4,8,13-14H2,1-2H3,(H,34,37,38). The Morgan fingerprint density at radius 1 is 1.07 bits per heavy atom. The zero-order chi connectivity index (χ0) is 29.4. The van der Waals surface area contributed by atoms with Crippen molar-refractivity contribution in [2.45, 2.75) is 38.2 Å². The Bertz CT molecular complexity index is 1720. The Balaban J connectivity index is 1.32. The smallest absolute Gasteiger partial charge is 0.434 e. The van der Waals surface area contributed by atoms with Gasteiger partial charge >= 0.3 is 6.18 Å². The Morgan fingerprint density at radius 2 is 1.88 bits per heavy atom. The van der Waals surface area contributed by atoms with E-state index in [1.54, 1.807) is 42.7 Å². The van der Waals surface area contributed by atoms with Crippen molar-refractivity contribution in [1.29, 1.82) is 0 Å². The predicted octanol–water partition coefficient (Wildman–Crippen LogP) is 6.37. The Labute approximate surface area is 238 Å². The van der Waals surface area contributed by atoms with E-state index in [0.29, 0.717) is 35.7 Å². The van der Waals surface area contributed by atoms with Crippen LogP contribution in [0.2, 0.25) is 0 Å². The van der Waals surface area contributed by atoms with Crippen molar-refractivity contribution in [2.75, 3.05) is 19.0 Å². The summed E-state index contributed by atoms with van der Waals surface area (Å²) in [6.45, 7) is 0.942. The SMILES string of the molecule is COc1cccc(-c2nc(NCc3ccc(-c4nc(C(F)(F)F)cn4C)cc3)c3ncn(C4CCCCO4)c3n2)c1F. The lowest BCUT2D eigenvalue weighted by molar-refractivity contribution is -0.140. The van der Waals surface area contributed by atoms with Crippen LogP contribution in [0.25, 0.3) is 33.9 Å². The fourth-order valence-corrected chi connectivity index (χ4v) is 4.98. The summed E-state index contributed by atoms with van der Waals surface area (Å²) < 4.78 is 68.9. The summed E-state index contributed by atoms with van der Waals surface area (Å²) >= 11 is 0. The van der Waals surface area contributed by atoms with Crippen LogP contribution in [0.1, 0.15) is 36.7 Å². The fourth-order valence-electron chi connectivity index (χ4n) is 4.98. The minimum atomic E-state index is -4.52. The molecular weight excluding hydrogens is 554 g/mol. The molecule has 1 aliphatic rings. The third kappa shape index (κ3) is 5.27. The van der Waals surface area contributed by atoms with Gasteiger partial charge < -0.3 is 19.4 Å². The van der Waals surface area contributed by atoms with Gasteiger partial charge in [0.05, 0.1) is 19.0 Å². The first-order chi connectivity index (χ1) is 20.2. The van der Waals surface area contributed by atoms with Crippen molar-refractivity contribution >= 4 is 17.0 Å². The lowest BCUT2D eigenvalue weighted by Gasteiger charge is -2.24. The topological polar surface area (TPSA) is 91.9 Å². The maximum absolute atomic E-state index is 15.3. The van der Waals surface area contributed by atoms with E-state index in [4.69, 9.17) is 9.47 Å². The number of nitrogens with zero attached hydrogens (tertiary/aromatic N) is 6. The molecule has 42 heavy (non-hydrogen) atoms. The van der Waals surface area contributed by atoms with E-state index in [-0.39, 0.29) is 29.2 Å². The zero-order valence-electron chi connectivity index (χ0n) is 22.8. The van der Waals surface area contributed by atoms with Crippen LogP contribution >= 0.6 is 0 Å². The van der Waals surface area contributed by atoms with Crippen LogP contribution in [0.4, 0.5) is 23.4 Å². The molecule has 1 unspecified atom stereocenters. The van der Waals surface area contributed by atoms with Gasteiger partial charge in [-0.3, -0.25) is 4.57 Å². The zero-order valence-corrected chi connectivity index (χ0v) is 22.8. The van der Waals surface area contributed by atoms with Crippen molar-refractivity contribution in [2.24, 2.45) is 7.05 Å². The number of halogens is 4. The maximum Gasteiger partial charge on any atom is 0.434 e. The van der Waals surface area contributed by atoms with Crippen LogP contribution in [0, 0.1) is 5.82 Å². The summed E-state index contributed by atoms with van der Waals surface area (Å²) in [6.07, 6.45) is 0.636. The summed E-state index contributed by atoms with van der Waals surface area (Å²) in [5.41, 5.74) is 1.61. The van der Waals surface area contributed by atoms with Crippen molar-refractivity contribution in [3.8, 4) is 28.5 Å². The van der Waals surface area contributed by atoms with Crippen LogP contribution in [-0.4, -0.2) is 42.8 Å². The molecule has 9 nitrogen and oxygen atoms in total. The minimum absolute atomic E-state index is 0.0741. The van der Waals surface area contributed by atoms with E-state index in [2.05, 4.69) is 25.3 Å². The third-order valence-corrected chi connectivity index (χ3v) is 7.15. The maximum atomic E-state index is 15.3. The number of rotatable bonds is 7. The molecule has 6 rings (SSSR count). The number of methoxy groups -OCH3 is 1. The van der Waals surface area contributed by atoms with E-state index in [9.17, 15) is 13.2 Å². The highest BCUT2D eigenvalue weighted by Gasteiger charge is 2.34. The first-order valence-electron chi connectivity index (χ1n) is 13.4. The highest BCUT2D eigenvalue weighted by molar-refractivity contribution is 5.85. The Hall–Kier alpha value is -4.52. The number of aryl methyl sites for hydroxylation is 1. The first-order valence-corrected chi connectivity index (χ1v) is 13.4. The Morgan fingerprint density at radius 3 is 2.57 bits per heavy atom. The molecule has 0 saturated carbocycles. The number of imidazole rings is 2. The second-order valence-electron chi connectivity index (χ2n) is 9.97. The van der Waals surface area contributed by atoms with Crippen LogP contribution in [-0.2, 0) is 24.5 Å². The van der Waals surface area contributed by atoms with Crippen LogP contribution < -0.4 is 10.1 Å². The van der Waals surface area contributed by atoms with E-state index >= 15 is 4.39 Å². The van der Waals surface area contributed by atoms with Gasteiger partial charge in [-0.1, -0.05) is 30.3 Å². The van der Waals surface area contributed by atoms with Gasteiger partial charge in [-0.2, -0.15) is 13.2 Å². The molecule has 0 bridgehead atoms. The van der Waals surface area contributed by atoms with Gasteiger partial charge in [0.1, 0.15) is 12.1 Å². The number of alkyl halides is 3. The van der Waals surface area contributed by atoms with Gasteiger partial charge in [0.2, 0.25) is 0 Å². The number of ether oxygens (including phenoxy) is 2. The summed E-state index contributed by atoms with van der Waals surface area (Å²) in [6, 6.07) is 11.8. The number of hydrogen-bond acceptors (Lipinski definition) is 7. The molecule has 4 heterocycles. The monoisotopic (exact) mass is 581 g/mol. The van der Waals surface area contributed by atoms with Gasteiger partial charge in [0.15, 0.2) is 40.1 Å². The highest BCUT2D eigenvalue weighted by Crippen LogP contribution is 2.33. The van der Waals surface area contributed by atoms with Crippen molar-refractivity contribution in [3.05, 3.63) is 72.1 Å². The lowest BCUT2D eigenvalue weighted by Crippen LogP contribution is -2.18.